The predicted octanol–water partition coefficient (Wildman–Crippen LogP) is 3.05. The summed E-state index contributed by atoms with van der Waals surface area (Å²) in [6.07, 6.45) is 1.73. The molecule has 1 N–H and O–H groups in total. The quantitative estimate of drug-likeness (QED) is 0.836. The van der Waals surface area contributed by atoms with Crippen LogP contribution in [0.1, 0.15) is 0 Å². The fraction of sp³-hybridized carbons (Fsp3) is 0.250. The lowest BCUT2D eigenvalue weighted by Gasteiger charge is -2.15. The Morgan fingerprint density at radius 2 is 2.06 bits per heavy atom. The van der Waals surface area contributed by atoms with Crippen LogP contribution < -0.4 is 5.32 Å². The van der Waals surface area contributed by atoms with Gasteiger partial charge in [0.15, 0.2) is 0 Å². The van der Waals surface area contributed by atoms with Crippen molar-refractivity contribution in [2.75, 3.05) is 25.5 Å². The van der Waals surface area contributed by atoms with Crippen LogP contribution in [0.2, 0.25) is 10.0 Å². The number of carbonyl (C=O) groups excluding carboxylic acids is 1. The van der Waals surface area contributed by atoms with Crippen molar-refractivity contribution < 1.29 is 4.79 Å². The van der Waals surface area contributed by atoms with Crippen LogP contribution >= 0.6 is 23.2 Å². The average molecular weight is 273 g/mol. The SMILES string of the molecule is C=CCN(C)CC(=O)Nc1c(Cl)cccc1Cl. The lowest BCUT2D eigenvalue weighted by Crippen LogP contribution is -2.30. The van der Waals surface area contributed by atoms with Gasteiger partial charge >= 0.3 is 0 Å². The third-order valence-electron chi connectivity index (χ3n) is 2.08. The van der Waals surface area contributed by atoms with E-state index in [0.29, 0.717) is 22.3 Å². The number of amides is 1. The Bertz CT molecular complexity index is 401. The van der Waals surface area contributed by atoms with Crippen LogP contribution in [0.3, 0.4) is 0 Å². The molecule has 0 aliphatic rings. The molecule has 1 aromatic rings. The summed E-state index contributed by atoms with van der Waals surface area (Å²) in [5.41, 5.74) is 0.452. The van der Waals surface area contributed by atoms with E-state index in [-0.39, 0.29) is 12.5 Å². The molecule has 1 aromatic carbocycles. The number of halogens is 2. The minimum atomic E-state index is -0.163. The molecule has 0 atom stereocenters. The zero-order valence-corrected chi connectivity index (χ0v) is 11.1. The molecule has 0 unspecified atom stereocenters. The van der Waals surface area contributed by atoms with Gasteiger partial charge in [-0.05, 0) is 19.2 Å². The van der Waals surface area contributed by atoms with Gasteiger partial charge in [-0.1, -0.05) is 35.3 Å². The van der Waals surface area contributed by atoms with E-state index < -0.39 is 0 Å². The van der Waals surface area contributed by atoms with Crippen molar-refractivity contribution in [2.24, 2.45) is 0 Å². The van der Waals surface area contributed by atoms with E-state index in [1.165, 1.54) is 0 Å². The summed E-state index contributed by atoms with van der Waals surface area (Å²) in [5, 5.41) is 3.54. The maximum atomic E-state index is 11.7. The lowest BCUT2D eigenvalue weighted by molar-refractivity contribution is -0.116. The van der Waals surface area contributed by atoms with E-state index in [0.717, 1.165) is 0 Å². The van der Waals surface area contributed by atoms with E-state index >= 15 is 0 Å². The molecule has 0 fully saturated rings. The molecule has 1 rings (SSSR count). The molecule has 0 saturated heterocycles. The van der Waals surface area contributed by atoms with Crippen molar-refractivity contribution in [2.45, 2.75) is 0 Å². The molecular weight excluding hydrogens is 259 g/mol. The number of benzene rings is 1. The highest BCUT2D eigenvalue weighted by Crippen LogP contribution is 2.29. The van der Waals surface area contributed by atoms with Crippen LogP contribution in [0.25, 0.3) is 0 Å². The zero-order chi connectivity index (χ0) is 12.8. The summed E-state index contributed by atoms with van der Waals surface area (Å²) in [5.74, 6) is -0.163. The largest absolute Gasteiger partial charge is 0.322 e. The number of rotatable bonds is 5. The van der Waals surface area contributed by atoms with Gasteiger partial charge in [-0.3, -0.25) is 9.69 Å². The number of likely N-dealkylation sites (N-methyl/N-ethyl adjacent to an activating group) is 1. The number of anilines is 1. The minimum absolute atomic E-state index is 0.163. The summed E-state index contributed by atoms with van der Waals surface area (Å²) >= 11 is 11.9. The molecule has 0 spiro atoms. The normalized spacial score (nSPS) is 10.4. The first-order chi connectivity index (χ1) is 8.04. The topological polar surface area (TPSA) is 32.3 Å². The number of hydrogen-bond donors (Lipinski definition) is 1. The van der Waals surface area contributed by atoms with Crippen LogP contribution in [0.15, 0.2) is 30.9 Å². The smallest absolute Gasteiger partial charge is 0.238 e. The Hall–Kier alpha value is -1.03. The second kappa shape index (κ2) is 6.64. The summed E-state index contributed by atoms with van der Waals surface area (Å²) in [4.78, 5) is 13.5. The number of carbonyl (C=O) groups is 1. The fourth-order valence-electron chi connectivity index (χ4n) is 1.33. The molecule has 92 valence electrons. The van der Waals surface area contributed by atoms with E-state index in [4.69, 9.17) is 23.2 Å². The third-order valence-corrected chi connectivity index (χ3v) is 2.71. The van der Waals surface area contributed by atoms with Crippen LogP contribution in [0.4, 0.5) is 5.69 Å². The van der Waals surface area contributed by atoms with Crippen molar-refractivity contribution in [3.63, 3.8) is 0 Å². The monoisotopic (exact) mass is 272 g/mol. The van der Waals surface area contributed by atoms with Crippen molar-refractivity contribution in [3.05, 3.63) is 40.9 Å². The summed E-state index contributed by atoms with van der Waals surface area (Å²) in [6.45, 7) is 4.50. The molecule has 3 nitrogen and oxygen atoms in total. The second-order valence-electron chi connectivity index (χ2n) is 3.63. The van der Waals surface area contributed by atoms with Gasteiger partial charge in [0.25, 0.3) is 0 Å². The maximum Gasteiger partial charge on any atom is 0.238 e. The molecule has 0 aliphatic heterocycles. The Kier molecular flexibility index (Phi) is 5.48. The number of para-hydroxylation sites is 1. The predicted molar refractivity (Wildman–Crippen MR) is 72.8 cm³/mol. The van der Waals surface area contributed by atoms with Gasteiger partial charge in [0.05, 0.1) is 22.3 Å². The summed E-state index contributed by atoms with van der Waals surface area (Å²) in [7, 11) is 1.83. The van der Waals surface area contributed by atoms with Gasteiger partial charge in [-0.2, -0.15) is 0 Å². The number of nitrogens with zero attached hydrogens (tertiary/aromatic N) is 1. The minimum Gasteiger partial charge on any atom is -0.322 e. The Labute approximate surface area is 111 Å². The van der Waals surface area contributed by atoms with E-state index in [1.54, 1.807) is 24.3 Å². The van der Waals surface area contributed by atoms with Gasteiger partial charge in [0, 0.05) is 6.54 Å². The van der Waals surface area contributed by atoms with Gasteiger partial charge in [0.2, 0.25) is 5.91 Å². The summed E-state index contributed by atoms with van der Waals surface area (Å²) < 4.78 is 0. The Morgan fingerprint density at radius 1 is 1.47 bits per heavy atom. The molecule has 0 aliphatic carbocycles. The molecular formula is C12H14Cl2N2O. The number of hydrogen-bond acceptors (Lipinski definition) is 2. The fourth-order valence-corrected chi connectivity index (χ4v) is 1.82. The van der Waals surface area contributed by atoms with Crippen LogP contribution in [-0.2, 0) is 4.79 Å². The maximum absolute atomic E-state index is 11.7. The molecule has 1 amide bonds. The first-order valence-corrected chi connectivity index (χ1v) is 5.83. The van der Waals surface area contributed by atoms with E-state index in [9.17, 15) is 4.79 Å². The van der Waals surface area contributed by atoms with E-state index in [2.05, 4.69) is 11.9 Å². The average Bonchev–Trinajstić information content (AvgIpc) is 2.24. The zero-order valence-electron chi connectivity index (χ0n) is 9.54. The van der Waals surface area contributed by atoms with Crippen molar-refractivity contribution >= 4 is 34.8 Å². The molecule has 0 bridgehead atoms. The lowest BCUT2D eigenvalue weighted by atomic mass is 10.3. The highest BCUT2D eigenvalue weighted by molar-refractivity contribution is 6.39. The van der Waals surface area contributed by atoms with Crippen molar-refractivity contribution in [1.29, 1.82) is 0 Å². The van der Waals surface area contributed by atoms with Crippen molar-refractivity contribution in [1.82, 2.24) is 4.90 Å². The van der Waals surface area contributed by atoms with Gasteiger partial charge in [0.1, 0.15) is 0 Å². The third kappa shape index (κ3) is 4.38. The molecule has 0 saturated carbocycles. The van der Waals surface area contributed by atoms with Crippen LogP contribution in [-0.4, -0.2) is 30.9 Å². The van der Waals surface area contributed by atoms with Crippen LogP contribution in [0.5, 0.6) is 0 Å². The number of nitrogens with one attached hydrogen (secondary N) is 1. The highest BCUT2D eigenvalue weighted by atomic mass is 35.5. The van der Waals surface area contributed by atoms with E-state index in [1.807, 2.05) is 11.9 Å². The molecule has 0 aromatic heterocycles. The van der Waals surface area contributed by atoms with Gasteiger partial charge < -0.3 is 5.32 Å². The summed E-state index contributed by atoms with van der Waals surface area (Å²) in [6, 6.07) is 5.08. The first-order valence-electron chi connectivity index (χ1n) is 5.08. The Morgan fingerprint density at radius 3 is 2.59 bits per heavy atom. The molecule has 0 radical (unpaired) electrons. The first kappa shape index (κ1) is 14.0. The van der Waals surface area contributed by atoms with Crippen molar-refractivity contribution in [3.8, 4) is 0 Å². The second-order valence-corrected chi connectivity index (χ2v) is 4.44. The Balaban J connectivity index is 2.65. The molecule has 5 heteroatoms. The van der Waals surface area contributed by atoms with Crippen LogP contribution in [0, 0.1) is 0 Å². The van der Waals surface area contributed by atoms with Gasteiger partial charge in [-0.15, -0.1) is 6.58 Å². The van der Waals surface area contributed by atoms with Gasteiger partial charge in [-0.25, -0.2) is 0 Å². The standard InChI is InChI=1S/C12H14Cl2N2O/c1-3-7-16(2)8-11(17)15-12-9(13)5-4-6-10(12)14/h3-6H,1,7-8H2,2H3,(H,15,17). The highest BCUT2D eigenvalue weighted by Gasteiger charge is 2.10. The molecule has 17 heavy (non-hydrogen) atoms. The molecule has 0 heterocycles.